The smallest absolute Gasteiger partial charge is 0.254 e. The van der Waals surface area contributed by atoms with Crippen LogP contribution in [0.1, 0.15) is 30.1 Å². The van der Waals surface area contributed by atoms with Crippen LogP contribution < -0.4 is 5.32 Å². The standard InChI is InChI=1S/C13H17ClN2O2/c1-13(4-7-18-8-5-13)9-16-12(17)10-3-2-6-15-11(10)14/h2-3,6H,4-5,7-9H2,1H3,(H,16,17). The second-order valence-corrected chi connectivity index (χ2v) is 5.31. The third-order valence-corrected chi connectivity index (χ3v) is 3.68. The number of aromatic nitrogens is 1. The molecule has 4 nitrogen and oxygen atoms in total. The molecule has 0 aliphatic carbocycles. The van der Waals surface area contributed by atoms with Crippen molar-refractivity contribution in [3.05, 3.63) is 29.0 Å². The average molecular weight is 269 g/mol. The van der Waals surface area contributed by atoms with E-state index in [9.17, 15) is 4.79 Å². The lowest BCUT2D eigenvalue weighted by molar-refractivity contribution is 0.0238. The third-order valence-electron chi connectivity index (χ3n) is 3.38. The van der Waals surface area contributed by atoms with E-state index in [2.05, 4.69) is 17.2 Å². The van der Waals surface area contributed by atoms with E-state index in [1.54, 1.807) is 18.3 Å². The molecule has 1 aromatic heterocycles. The molecule has 2 heterocycles. The molecule has 1 N–H and O–H groups in total. The highest BCUT2D eigenvalue weighted by Gasteiger charge is 2.28. The lowest BCUT2D eigenvalue weighted by atomic mass is 9.82. The minimum Gasteiger partial charge on any atom is -0.381 e. The molecule has 0 bridgehead atoms. The summed E-state index contributed by atoms with van der Waals surface area (Å²) in [5.74, 6) is -0.166. The number of hydrogen-bond donors (Lipinski definition) is 1. The van der Waals surface area contributed by atoms with Gasteiger partial charge in [-0.25, -0.2) is 4.98 Å². The number of amides is 1. The van der Waals surface area contributed by atoms with E-state index in [1.807, 2.05) is 0 Å². The van der Waals surface area contributed by atoms with Crippen LogP contribution in [0.2, 0.25) is 5.15 Å². The summed E-state index contributed by atoms with van der Waals surface area (Å²) in [5.41, 5.74) is 0.539. The van der Waals surface area contributed by atoms with Crippen LogP contribution in [-0.2, 0) is 4.74 Å². The second kappa shape index (κ2) is 5.67. The Labute approximate surface area is 112 Å². The quantitative estimate of drug-likeness (QED) is 0.856. The maximum absolute atomic E-state index is 12.0. The van der Waals surface area contributed by atoms with Crippen molar-refractivity contribution in [1.29, 1.82) is 0 Å². The minimum absolute atomic E-state index is 0.114. The van der Waals surface area contributed by atoms with Gasteiger partial charge in [-0.1, -0.05) is 18.5 Å². The number of carbonyl (C=O) groups is 1. The number of halogens is 1. The lowest BCUT2D eigenvalue weighted by Gasteiger charge is -2.33. The van der Waals surface area contributed by atoms with Gasteiger partial charge in [-0.05, 0) is 30.4 Å². The zero-order valence-corrected chi connectivity index (χ0v) is 11.2. The molecule has 1 amide bonds. The van der Waals surface area contributed by atoms with Gasteiger partial charge in [0.25, 0.3) is 5.91 Å². The van der Waals surface area contributed by atoms with Gasteiger partial charge in [0.15, 0.2) is 0 Å². The molecule has 18 heavy (non-hydrogen) atoms. The maximum atomic E-state index is 12.0. The van der Waals surface area contributed by atoms with E-state index in [-0.39, 0.29) is 16.5 Å². The summed E-state index contributed by atoms with van der Waals surface area (Å²) in [6, 6.07) is 3.38. The predicted octanol–water partition coefficient (Wildman–Crippen LogP) is 2.28. The van der Waals surface area contributed by atoms with Crippen LogP contribution in [0.4, 0.5) is 0 Å². The SMILES string of the molecule is CC1(CNC(=O)c2cccnc2Cl)CCOCC1. The van der Waals surface area contributed by atoms with Gasteiger partial charge < -0.3 is 10.1 Å². The third kappa shape index (κ3) is 3.21. The van der Waals surface area contributed by atoms with Gasteiger partial charge >= 0.3 is 0 Å². The lowest BCUT2D eigenvalue weighted by Crippen LogP contribution is -2.39. The first-order chi connectivity index (χ1) is 8.61. The fraction of sp³-hybridized carbons (Fsp3) is 0.538. The summed E-state index contributed by atoms with van der Waals surface area (Å²) in [7, 11) is 0. The Morgan fingerprint density at radius 2 is 2.28 bits per heavy atom. The molecule has 1 fully saturated rings. The molecule has 1 aliphatic heterocycles. The normalized spacial score (nSPS) is 18.3. The molecular weight excluding hydrogens is 252 g/mol. The zero-order valence-electron chi connectivity index (χ0n) is 10.4. The van der Waals surface area contributed by atoms with Crippen molar-refractivity contribution in [1.82, 2.24) is 10.3 Å². The van der Waals surface area contributed by atoms with Gasteiger partial charge in [-0.3, -0.25) is 4.79 Å². The molecule has 0 spiro atoms. The number of rotatable bonds is 3. The minimum atomic E-state index is -0.166. The van der Waals surface area contributed by atoms with Crippen molar-refractivity contribution in [2.75, 3.05) is 19.8 Å². The van der Waals surface area contributed by atoms with Gasteiger partial charge in [0.1, 0.15) is 5.15 Å². The zero-order chi connectivity index (χ0) is 13.0. The summed E-state index contributed by atoms with van der Waals surface area (Å²) in [6.07, 6.45) is 3.50. The van der Waals surface area contributed by atoms with E-state index in [0.717, 1.165) is 26.1 Å². The van der Waals surface area contributed by atoms with Gasteiger partial charge in [0, 0.05) is 26.0 Å². The predicted molar refractivity (Wildman–Crippen MR) is 69.7 cm³/mol. The summed E-state index contributed by atoms with van der Waals surface area (Å²) in [4.78, 5) is 15.9. The molecular formula is C13H17ClN2O2. The largest absolute Gasteiger partial charge is 0.381 e. The molecule has 98 valence electrons. The van der Waals surface area contributed by atoms with Crippen molar-refractivity contribution < 1.29 is 9.53 Å². The number of ether oxygens (including phenoxy) is 1. The van der Waals surface area contributed by atoms with E-state index >= 15 is 0 Å². The highest BCUT2D eigenvalue weighted by Crippen LogP contribution is 2.28. The second-order valence-electron chi connectivity index (χ2n) is 4.95. The Hall–Kier alpha value is -1.13. The van der Waals surface area contributed by atoms with Crippen molar-refractivity contribution in [2.24, 2.45) is 5.41 Å². The molecule has 0 unspecified atom stereocenters. The Morgan fingerprint density at radius 1 is 1.56 bits per heavy atom. The molecule has 0 radical (unpaired) electrons. The summed E-state index contributed by atoms with van der Waals surface area (Å²) < 4.78 is 5.33. The van der Waals surface area contributed by atoms with Crippen LogP contribution in [0, 0.1) is 5.41 Å². The molecule has 2 rings (SSSR count). The van der Waals surface area contributed by atoms with Crippen LogP contribution in [0.15, 0.2) is 18.3 Å². The summed E-state index contributed by atoms with van der Waals surface area (Å²) in [5, 5.41) is 3.17. The Bertz CT molecular complexity index is 431. The Balaban J connectivity index is 1.94. The van der Waals surface area contributed by atoms with Crippen molar-refractivity contribution >= 4 is 17.5 Å². The van der Waals surface area contributed by atoms with Gasteiger partial charge in [0.2, 0.25) is 0 Å². The first-order valence-electron chi connectivity index (χ1n) is 6.07. The van der Waals surface area contributed by atoms with Crippen LogP contribution in [0.25, 0.3) is 0 Å². The van der Waals surface area contributed by atoms with Crippen LogP contribution in [0.3, 0.4) is 0 Å². The topological polar surface area (TPSA) is 51.2 Å². The maximum Gasteiger partial charge on any atom is 0.254 e. The highest BCUT2D eigenvalue weighted by atomic mass is 35.5. The monoisotopic (exact) mass is 268 g/mol. The molecule has 1 saturated heterocycles. The van der Waals surface area contributed by atoms with Gasteiger partial charge in [-0.15, -0.1) is 0 Å². The van der Waals surface area contributed by atoms with Crippen molar-refractivity contribution in [3.8, 4) is 0 Å². The average Bonchev–Trinajstić information content (AvgIpc) is 2.38. The van der Waals surface area contributed by atoms with Crippen LogP contribution in [0.5, 0.6) is 0 Å². The number of nitrogens with one attached hydrogen (secondary N) is 1. The first-order valence-corrected chi connectivity index (χ1v) is 6.45. The number of pyridine rings is 1. The Kier molecular flexibility index (Phi) is 4.19. The molecule has 0 saturated carbocycles. The summed E-state index contributed by atoms with van der Waals surface area (Å²) in [6.45, 7) is 4.33. The van der Waals surface area contributed by atoms with E-state index in [4.69, 9.17) is 16.3 Å². The number of hydrogen-bond acceptors (Lipinski definition) is 3. The fourth-order valence-corrected chi connectivity index (χ4v) is 2.19. The van der Waals surface area contributed by atoms with Gasteiger partial charge in [-0.2, -0.15) is 0 Å². The van der Waals surface area contributed by atoms with Crippen LogP contribution in [-0.4, -0.2) is 30.6 Å². The molecule has 1 aliphatic rings. The van der Waals surface area contributed by atoms with E-state index in [1.165, 1.54) is 0 Å². The molecule has 1 aromatic rings. The molecule has 5 heteroatoms. The van der Waals surface area contributed by atoms with E-state index in [0.29, 0.717) is 12.1 Å². The number of nitrogens with zero attached hydrogens (tertiary/aromatic N) is 1. The van der Waals surface area contributed by atoms with Crippen molar-refractivity contribution in [2.45, 2.75) is 19.8 Å². The Morgan fingerprint density at radius 3 is 2.94 bits per heavy atom. The van der Waals surface area contributed by atoms with Crippen LogP contribution >= 0.6 is 11.6 Å². The van der Waals surface area contributed by atoms with Crippen molar-refractivity contribution in [3.63, 3.8) is 0 Å². The number of carbonyl (C=O) groups excluding carboxylic acids is 1. The first kappa shape index (κ1) is 13.3. The summed E-state index contributed by atoms with van der Waals surface area (Å²) >= 11 is 5.88. The molecule has 0 aromatic carbocycles. The van der Waals surface area contributed by atoms with E-state index < -0.39 is 0 Å². The fourth-order valence-electron chi connectivity index (χ4n) is 1.99. The van der Waals surface area contributed by atoms with Gasteiger partial charge in [0.05, 0.1) is 5.56 Å². The highest BCUT2D eigenvalue weighted by molar-refractivity contribution is 6.32. The molecule has 0 atom stereocenters.